The largest absolute Gasteiger partial charge is 0.619 e. The lowest BCUT2D eigenvalue weighted by Gasteiger charge is -2.09. The summed E-state index contributed by atoms with van der Waals surface area (Å²) in [5, 5.41) is 22.2. The summed E-state index contributed by atoms with van der Waals surface area (Å²) in [6.45, 7) is 2.58. The molecule has 0 saturated heterocycles. The van der Waals surface area contributed by atoms with E-state index in [1.807, 2.05) is 37.3 Å². The van der Waals surface area contributed by atoms with E-state index in [1.54, 1.807) is 12.3 Å². The Balaban J connectivity index is 1.52. The third kappa shape index (κ3) is 3.44. The highest BCUT2D eigenvalue weighted by atomic mass is 16.6. The molecule has 130 valence electrons. The number of benzene rings is 1. The van der Waals surface area contributed by atoms with Crippen molar-refractivity contribution in [1.82, 2.24) is 20.3 Å². The summed E-state index contributed by atoms with van der Waals surface area (Å²) in [7, 11) is 0. The van der Waals surface area contributed by atoms with Gasteiger partial charge in [-0.3, -0.25) is 0 Å². The highest BCUT2D eigenvalue weighted by Crippen LogP contribution is 2.21. The van der Waals surface area contributed by atoms with Gasteiger partial charge in [0, 0.05) is 35.5 Å². The van der Waals surface area contributed by atoms with E-state index in [-0.39, 0.29) is 0 Å². The van der Waals surface area contributed by atoms with Crippen molar-refractivity contribution in [3.63, 3.8) is 0 Å². The lowest BCUT2D eigenvalue weighted by Crippen LogP contribution is -2.25. The standard InChI is InChI=1S/C18H16N6O2/c1-12-9-17(19-7-6-13-3-2-8-24(25)11-13)21-18(20-12)14-4-5-15-16(10-14)23-26-22-15/h2-5,8-11H,6-7H2,1H3,(H,19,20,21). The first-order valence-electron chi connectivity index (χ1n) is 8.17. The van der Waals surface area contributed by atoms with Crippen LogP contribution in [0.5, 0.6) is 0 Å². The van der Waals surface area contributed by atoms with Crippen molar-refractivity contribution in [1.29, 1.82) is 0 Å². The molecule has 4 aromatic rings. The van der Waals surface area contributed by atoms with Gasteiger partial charge in [0.25, 0.3) is 0 Å². The van der Waals surface area contributed by atoms with E-state index in [2.05, 4.69) is 25.6 Å². The zero-order valence-electron chi connectivity index (χ0n) is 14.1. The Morgan fingerprint density at radius 3 is 2.88 bits per heavy atom. The van der Waals surface area contributed by atoms with Gasteiger partial charge in [-0.1, -0.05) is 0 Å². The van der Waals surface area contributed by atoms with Crippen LogP contribution in [0.4, 0.5) is 5.82 Å². The number of rotatable bonds is 5. The second-order valence-corrected chi connectivity index (χ2v) is 5.93. The molecule has 0 radical (unpaired) electrons. The molecule has 0 bridgehead atoms. The number of fused-ring (bicyclic) bond motifs is 1. The van der Waals surface area contributed by atoms with Crippen LogP contribution in [-0.2, 0) is 6.42 Å². The molecule has 0 atom stereocenters. The second-order valence-electron chi connectivity index (χ2n) is 5.93. The van der Waals surface area contributed by atoms with Crippen molar-refractivity contribution in [2.75, 3.05) is 11.9 Å². The Labute approximate surface area is 149 Å². The molecule has 0 spiro atoms. The molecule has 0 aliphatic rings. The smallest absolute Gasteiger partial charge is 0.183 e. The molecule has 1 aromatic carbocycles. The minimum absolute atomic E-state index is 0.606. The maximum Gasteiger partial charge on any atom is 0.183 e. The van der Waals surface area contributed by atoms with Crippen molar-refractivity contribution in [2.24, 2.45) is 0 Å². The number of hydrogen-bond acceptors (Lipinski definition) is 7. The van der Waals surface area contributed by atoms with Crippen molar-refractivity contribution in [2.45, 2.75) is 13.3 Å². The topological polar surface area (TPSA) is 104 Å². The predicted octanol–water partition coefficient (Wildman–Crippen LogP) is 2.28. The molecule has 0 saturated carbocycles. The van der Waals surface area contributed by atoms with Gasteiger partial charge in [-0.05, 0) is 47.9 Å². The van der Waals surface area contributed by atoms with E-state index < -0.39 is 0 Å². The van der Waals surface area contributed by atoms with Crippen LogP contribution in [0.25, 0.3) is 22.4 Å². The van der Waals surface area contributed by atoms with Crippen LogP contribution >= 0.6 is 0 Å². The van der Waals surface area contributed by atoms with Gasteiger partial charge in [-0.15, -0.1) is 0 Å². The maximum absolute atomic E-state index is 11.3. The number of aromatic nitrogens is 5. The Bertz CT molecular complexity index is 1060. The van der Waals surface area contributed by atoms with E-state index in [0.29, 0.717) is 23.4 Å². The van der Waals surface area contributed by atoms with Gasteiger partial charge in [0.15, 0.2) is 18.2 Å². The van der Waals surface area contributed by atoms with Crippen LogP contribution in [-0.4, -0.2) is 26.8 Å². The third-order valence-corrected chi connectivity index (χ3v) is 3.92. The van der Waals surface area contributed by atoms with Gasteiger partial charge in [-0.25, -0.2) is 14.6 Å². The fourth-order valence-corrected chi connectivity index (χ4v) is 2.69. The van der Waals surface area contributed by atoms with Gasteiger partial charge < -0.3 is 10.5 Å². The average molecular weight is 348 g/mol. The molecule has 3 aromatic heterocycles. The average Bonchev–Trinajstić information content (AvgIpc) is 3.09. The molecule has 8 nitrogen and oxygen atoms in total. The van der Waals surface area contributed by atoms with Gasteiger partial charge in [0.05, 0.1) is 0 Å². The molecule has 0 amide bonds. The van der Waals surface area contributed by atoms with E-state index >= 15 is 0 Å². The van der Waals surface area contributed by atoms with E-state index in [4.69, 9.17) is 4.63 Å². The Morgan fingerprint density at radius 2 is 2.00 bits per heavy atom. The first-order chi connectivity index (χ1) is 12.7. The molecule has 0 aliphatic carbocycles. The van der Waals surface area contributed by atoms with Crippen molar-refractivity contribution >= 4 is 16.9 Å². The summed E-state index contributed by atoms with van der Waals surface area (Å²) in [5.74, 6) is 1.34. The van der Waals surface area contributed by atoms with E-state index in [1.165, 1.54) is 6.20 Å². The van der Waals surface area contributed by atoms with Crippen molar-refractivity contribution in [3.8, 4) is 11.4 Å². The number of aryl methyl sites for hydroxylation is 1. The van der Waals surface area contributed by atoms with Gasteiger partial charge in [-0.2, -0.15) is 4.73 Å². The summed E-state index contributed by atoms with van der Waals surface area (Å²) < 4.78 is 5.53. The number of anilines is 1. The molecule has 1 N–H and O–H groups in total. The monoisotopic (exact) mass is 348 g/mol. The lowest BCUT2D eigenvalue weighted by molar-refractivity contribution is -0.605. The molecule has 0 fully saturated rings. The minimum atomic E-state index is 0.606. The van der Waals surface area contributed by atoms with E-state index in [9.17, 15) is 5.21 Å². The molecule has 26 heavy (non-hydrogen) atoms. The number of hydrogen-bond donors (Lipinski definition) is 1. The van der Waals surface area contributed by atoms with Crippen LogP contribution in [0.1, 0.15) is 11.3 Å². The number of nitrogens with one attached hydrogen (secondary N) is 1. The van der Waals surface area contributed by atoms with Gasteiger partial charge in [0.1, 0.15) is 16.9 Å². The molecule has 3 heterocycles. The lowest BCUT2D eigenvalue weighted by atomic mass is 10.2. The molecular weight excluding hydrogens is 332 g/mol. The first kappa shape index (κ1) is 15.9. The third-order valence-electron chi connectivity index (χ3n) is 3.92. The van der Waals surface area contributed by atoms with Crippen LogP contribution in [0, 0.1) is 12.1 Å². The second kappa shape index (κ2) is 6.75. The minimum Gasteiger partial charge on any atom is -0.619 e. The van der Waals surface area contributed by atoms with Crippen LogP contribution in [0.15, 0.2) is 53.4 Å². The molecule has 0 unspecified atom stereocenters. The van der Waals surface area contributed by atoms with Crippen molar-refractivity contribution in [3.05, 3.63) is 65.3 Å². The van der Waals surface area contributed by atoms with Crippen molar-refractivity contribution < 1.29 is 9.36 Å². The van der Waals surface area contributed by atoms with Crippen LogP contribution < -0.4 is 10.0 Å². The first-order valence-corrected chi connectivity index (χ1v) is 8.17. The molecule has 8 heteroatoms. The summed E-state index contributed by atoms with van der Waals surface area (Å²) in [6.07, 6.45) is 3.76. The fraction of sp³-hybridized carbons (Fsp3) is 0.167. The number of nitrogens with zero attached hydrogens (tertiary/aromatic N) is 5. The predicted molar refractivity (Wildman–Crippen MR) is 95.2 cm³/mol. The fourth-order valence-electron chi connectivity index (χ4n) is 2.69. The Kier molecular flexibility index (Phi) is 4.14. The maximum atomic E-state index is 11.3. The summed E-state index contributed by atoms with van der Waals surface area (Å²) >= 11 is 0. The summed E-state index contributed by atoms with van der Waals surface area (Å²) in [4.78, 5) is 9.07. The van der Waals surface area contributed by atoms with Crippen LogP contribution in [0.3, 0.4) is 0 Å². The van der Waals surface area contributed by atoms with Crippen LogP contribution in [0.2, 0.25) is 0 Å². The highest BCUT2D eigenvalue weighted by molar-refractivity contribution is 5.79. The summed E-state index contributed by atoms with van der Waals surface area (Å²) in [5.41, 5.74) is 4.02. The normalized spacial score (nSPS) is 11.0. The van der Waals surface area contributed by atoms with E-state index in [0.717, 1.165) is 33.8 Å². The zero-order chi connectivity index (χ0) is 17.9. The molecule has 0 aliphatic heterocycles. The molecular formula is C18H16N6O2. The SMILES string of the molecule is Cc1cc(NCCc2ccc[n+]([O-])c2)nc(-c2ccc3nonc3c2)n1. The molecule has 4 rings (SSSR count). The zero-order valence-corrected chi connectivity index (χ0v) is 14.1. The Hall–Kier alpha value is -3.55. The Morgan fingerprint density at radius 1 is 1.12 bits per heavy atom. The van der Waals surface area contributed by atoms with Gasteiger partial charge in [0.2, 0.25) is 0 Å². The highest BCUT2D eigenvalue weighted by Gasteiger charge is 2.08. The quantitative estimate of drug-likeness (QED) is 0.436. The summed E-state index contributed by atoms with van der Waals surface area (Å²) in [6, 6.07) is 11.1. The number of pyridine rings is 1. The van der Waals surface area contributed by atoms with Gasteiger partial charge >= 0.3 is 0 Å².